The second kappa shape index (κ2) is 3.94. The fraction of sp³-hybridized carbons (Fsp3) is 0.692. The molecule has 1 aromatic heterocycles. The van der Waals surface area contributed by atoms with E-state index in [0.29, 0.717) is 5.92 Å². The van der Waals surface area contributed by atoms with Crippen LogP contribution in [0.5, 0.6) is 0 Å². The van der Waals surface area contributed by atoms with E-state index in [0.717, 1.165) is 22.2 Å². The maximum Gasteiger partial charge on any atom is 0.135 e. The summed E-state index contributed by atoms with van der Waals surface area (Å²) in [6.07, 6.45) is 5.15. The molecule has 0 spiro atoms. The van der Waals surface area contributed by atoms with Crippen molar-refractivity contribution in [1.29, 1.82) is 0 Å². The first-order valence-corrected chi connectivity index (χ1v) is 7.16. The van der Waals surface area contributed by atoms with Gasteiger partial charge in [-0.25, -0.2) is 9.97 Å². The van der Waals surface area contributed by atoms with Gasteiger partial charge < -0.3 is 5.32 Å². The molecule has 1 heterocycles. The Balaban J connectivity index is 1.81. The van der Waals surface area contributed by atoms with Crippen molar-refractivity contribution in [3.63, 3.8) is 0 Å². The average Bonchev–Trinajstić information content (AvgIpc) is 3.09. The number of nitrogens with one attached hydrogen (secondary N) is 1. The van der Waals surface area contributed by atoms with Gasteiger partial charge in [-0.3, -0.25) is 0 Å². The Kier molecular flexibility index (Phi) is 2.65. The minimum absolute atomic E-state index is 0.147. The van der Waals surface area contributed by atoms with E-state index in [4.69, 9.17) is 0 Å². The average molecular weight is 296 g/mol. The highest BCUT2D eigenvalue weighted by atomic mass is 79.9. The first-order chi connectivity index (χ1) is 8.04. The number of hydrogen-bond donors (Lipinski definition) is 1. The van der Waals surface area contributed by atoms with E-state index >= 15 is 0 Å². The molecule has 92 valence electrons. The number of rotatable bonds is 4. The molecular weight excluding hydrogens is 278 g/mol. The number of aromatic nitrogens is 2. The van der Waals surface area contributed by atoms with Crippen LogP contribution in [0, 0.1) is 5.92 Å². The van der Waals surface area contributed by atoms with Crippen LogP contribution in [0.3, 0.4) is 0 Å². The number of nitrogens with zero attached hydrogens (tertiary/aromatic N) is 2. The van der Waals surface area contributed by atoms with E-state index in [1.54, 1.807) is 0 Å². The Morgan fingerprint density at radius 3 is 2.53 bits per heavy atom. The molecule has 2 fully saturated rings. The summed E-state index contributed by atoms with van der Waals surface area (Å²) in [4.78, 5) is 9.09. The molecule has 2 aliphatic carbocycles. The number of hydrogen-bond acceptors (Lipinski definition) is 3. The summed E-state index contributed by atoms with van der Waals surface area (Å²) < 4.78 is 0.892. The Labute approximate surface area is 111 Å². The van der Waals surface area contributed by atoms with Crippen molar-refractivity contribution >= 4 is 21.7 Å². The highest BCUT2D eigenvalue weighted by Crippen LogP contribution is 2.42. The Morgan fingerprint density at radius 1 is 1.24 bits per heavy atom. The van der Waals surface area contributed by atoms with Crippen LogP contribution in [0.1, 0.15) is 51.3 Å². The lowest BCUT2D eigenvalue weighted by Gasteiger charge is -2.27. The fourth-order valence-corrected chi connectivity index (χ4v) is 2.66. The Morgan fingerprint density at radius 2 is 1.94 bits per heavy atom. The predicted octanol–water partition coefficient (Wildman–Crippen LogP) is 3.72. The minimum atomic E-state index is 0.147. The molecule has 1 aromatic rings. The molecule has 3 rings (SSSR count). The summed E-state index contributed by atoms with van der Waals surface area (Å²) in [5.41, 5.74) is 0.147. The normalized spacial score (nSPS) is 20.4. The number of halogens is 1. The lowest BCUT2D eigenvalue weighted by Crippen LogP contribution is -2.33. The van der Waals surface area contributed by atoms with E-state index < -0.39 is 0 Å². The van der Waals surface area contributed by atoms with Crippen LogP contribution < -0.4 is 5.32 Å². The first kappa shape index (κ1) is 11.5. The molecule has 0 aliphatic heterocycles. The van der Waals surface area contributed by atoms with Gasteiger partial charge in [0.25, 0.3) is 0 Å². The molecule has 0 bridgehead atoms. The Bertz CT molecular complexity index is 436. The van der Waals surface area contributed by atoms with Crippen molar-refractivity contribution in [2.45, 2.75) is 51.0 Å². The molecule has 0 radical (unpaired) electrons. The van der Waals surface area contributed by atoms with Crippen LogP contribution in [0.2, 0.25) is 0 Å². The summed E-state index contributed by atoms with van der Waals surface area (Å²) in [5, 5.41) is 3.56. The van der Waals surface area contributed by atoms with Crippen molar-refractivity contribution in [3.8, 4) is 0 Å². The third-order valence-electron chi connectivity index (χ3n) is 3.70. The SMILES string of the molecule is CC(C)(Nc1cc(Br)nc(C2CC2)n1)C1CC1. The van der Waals surface area contributed by atoms with Gasteiger partial charge >= 0.3 is 0 Å². The monoisotopic (exact) mass is 295 g/mol. The summed E-state index contributed by atoms with van der Waals surface area (Å²) in [6, 6.07) is 1.98. The zero-order valence-corrected chi connectivity index (χ0v) is 11.9. The van der Waals surface area contributed by atoms with Gasteiger partial charge in [0.05, 0.1) is 0 Å². The highest BCUT2D eigenvalue weighted by molar-refractivity contribution is 9.10. The molecule has 0 saturated heterocycles. The smallest absolute Gasteiger partial charge is 0.135 e. The van der Waals surface area contributed by atoms with Gasteiger partial charge in [-0.2, -0.15) is 0 Å². The Hall–Kier alpha value is -0.640. The second-order valence-corrected chi connectivity index (χ2v) is 6.64. The van der Waals surface area contributed by atoms with Gasteiger partial charge in [-0.15, -0.1) is 0 Å². The van der Waals surface area contributed by atoms with Crippen LogP contribution in [0.4, 0.5) is 5.82 Å². The summed E-state index contributed by atoms with van der Waals surface area (Å²) in [6.45, 7) is 4.52. The highest BCUT2D eigenvalue weighted by Gasteiger charge is 2.38. The van der Waals surface area contributed by atoms with Crippen LogP contribution >= 0.6 is 15.9 Å². The van der Waals surface area contributed by atoms with Crippen molar-refractivity contribution in [2.24, 2.45) is 5.92 Å². The standard InChI is InChI=1S/C13H18BrN3/c1-13(2,9-5-6-9)17-11-7-10(14)15-12(16-11)8-3-4-8/h7-9H,3-6H2,1-2H3,(H,15,16,17). The van der Waals surface area contributed by atoms with Gasteiger partial charge in [0.1, 0.15) is 16.2 Å². The van der Waals surface area contributed by atoms with E-state index in [1.165, 1.54) is 25.7 Å². The van der Waals surface area contributed by atoms with E-state index in [2.05, 4.69) is 45.1 Å². The molecular formula is C13H18BrN3. The van der Waals surface area contributed by atoms with Crippen molar-refractivity contribution < 1.29 is 0 Å². The molecule has 2 saturated carbocycles. The maximum atomic E-state index is 4.64. The third-order valence-corrected chi connectivity index (χ3v) is 4.11. The van der Waals surface area contributed by atoms with E-state index in [1.807, 2.05) is 6.07 Å². The molecule has 0 unspecified atom stereocenters. The van der Waals surface area contributed by atoms with E-state index in [9.17, 15) is 0 Å². The van der Waals surface area contributed by atoms with Crippen LogP contribution in [-0.2, 0) is 0 Å². The molecule has 2 aliphatic rings. The van der Waals surface area contributed by atoms with Crippen molar-refractivity contribution in [3.05, 3.63) is 16.5 Å². The number of anilines is 1. The molecule has 1 N–H and O–H groups in total. The van der Waals surface area contributed by atoms with Gasteiger partial charge in [0, 0.05) is 17.5 Å². The van der Waals surface area contributed by atoms with Gasteiger partial charge in [0.2, 0.25) is 0 Å². The summed E-state index contributed by atoms with van der Waals surface area (Å²) in [5.74, 6) is 3.34. The van der Waals surface area contributed by atoms with Gasteiger partial charge in [-0.05, 0) is 61.4 Å². The largest absolute Gasteiger partial charge is 0.365 e. The fourth-order valence-electron chi connectivity index (χ4n) is 2.26. The predicted molar refractivity (Wildman–Crippen MR) is 72.1 cm³/mol. The van der Waals surface area contributed by atoms with Gasteiger partial charge in [-0.1, -0.05) is 0 Å². The molecule has 0 atom stereocenters. The molecule has 4 heteroatoms. The van der Waals surface area contributed by atoms with Crippen molar-refractivity contribution in [1.82, 2.24) is 9.97 Å². The first-order valence-electron chi connectivity index (χ1n) is 6.37. The van der Waals surface area contributed by atoms with E-state index in [-0.39, 0.29) is 5.54 Å². The summed E-state index contributed by atoms with van der Waals surface area (Å²) in [7, 11) is 0. The third kappa shape index (κ3) is 2.62. The lowest BCUT2D eigenvalue weighted by molar-refractivity contribution is 0.492. The van der Waals surface area contributed by atoms with Crippen molar-refractivity contribution in [2.75, 3.05) is 5.32 Å². The second-order valence-electron chi connectivity index (χ2n) is 5.83. The summed E-state index contributed by atoms with van der Waals surface area (Å²) >= 11 is 3.48. The van der Waals surface area contributed by atoms with Gasteiger partial charge in [0.15, 0.2) is 0 Å². The molecule has 3 nitrogen and oxygen atoms in total. The molecule has 0 amide bonds. The lowest BCUT2D eigenvalue weighted by atomic mass is 9.99. The molecule has 17 heavy (non-hydrogen) atoms. The molecule has 0 aromatic carbocycles. The van der Waals surface area contributed by atoms with Crippen LogP contribution in [-0.4, -0.2) is 15.5 Å². The maximum absolute atomic E-state index is 4.64. The van der Waals surface area contributed by atoms with Crippen LogP contribution in [0.15, 0.2) is 10.7 Å². The minimum Gasteiger partial charge on any atom is -0.365 e. The topological polar surface area (TPSA) is 37.8 Å². The van der Waals surface area contributed by atoms with Crippen LogP contribution in [0.25, 0.3) is 0 Å². The zero-order valence-electron chi connectivity index (χ0n) is 10.3. The quantitative estimate of drug-likeness (QED) is 0.861. The zero-order chi connectivity index (χ0) is 12.0.